The molecule has 1 aromatic carbocycles. The Morgan fingerprint density at radius 3 is 2.86 bits per heavy atom. The molecule has 0 aliphatic rings. The topological polar surface area (TPSA) is 54.4 Å². The van der Waals surface area contributed by atoms with E-state index in [2.05, 4.69) is 10.3 Å². The summed E-state index contributed by atoms with van der Waals surface area (Å²) in [7, 11) is 1.86. The summed E-state index contributed by atoms with van der Waals surface area (Å²) in [6.07, 6.45) is 3.90. The van der Waals surface area contributed by atoms with E-state index in [1.165, 1.54) is 11.3 Å². The molecule has 0 saturated heterocycles. The van der Waals surface area contributed by atoms with Crippen LogP contribution in [-0.4, -0.2) is 23.7 Å². The molecule has 2 heterocycles. The molecule has 0 fully saturated rings. The van der Waals surface area contributed by atoms with E-state index in [0.717, 1.165) is 15.6 Å². The fourth-order valence-corrected chi connectivity index (χ4v) is 3.16. The number of aliphatic hydroxyl groups is 1. The summed E-state index contributed by atoms with van der Waals surface area (Å²) in [5, 5.41) is 18.0. The summed E-state index contributed by atoms with van der Waals surface area (Å²) in [5.41, 5.74) is 0. The number of pyridine rings is 1. The molecule has 0 aliphatic heterocycles. The van der Waals surface area contributed by atoms with Crippen molar-refractivity contribution in [3.05, 3.63) is 59.0 Å². The van der Waals surface area contributed by atoms with Crippen molar-refractivity contribution in [2.24, 2.45) is 0 Å². The zero-order valence-electron chi connectivity index (χ0n) is 12.3. The second kappa shape index (κ2) is 6.44. The van der Waals surface area contributed by atoms with Crippen LogP contribution in [0.3, 0.4) is 0 Å². The summed E-state index contributed by atoms with van der Waals surface area (Å²) >= 11 is 1.48. The van der Waals surface area contributed by atoms with E-state index in [-0.39, 0.29) is 0 Å². The Kier molecular flexibility index (Phi) is 4.38. The Hall–Kier alpha value is -1.95. The van der Waals surface area contributed by atoms with E-state index in [4.69, 9.17) is 4.74 Å². The molecular formula is C17H18N2O2S. The third-order valence-electron chi connectivity index (χ3n) is 3.53. The van der Waals surface area contributed by atoms with Crippen LogP contribution in [0.15, 0.2) is 54.2 Å². The molecule has 2 N–H and O–H groups in total. The van der Waals surface area contributed by atoms with Crippen LogP contribution in [0.25, 0.3) is 10.8 Å². The highest BCUT2D eigenvalue weighted by molar-refractivity contribution is 7.10. The van der Waals surface area contributed by atoms with Crippen LogP contribution in [-0.2, 0) is 5.79 Å². The Balaban J connectivity index is 1.99. The molecule has 0 aliphatic carbocycles. The monoisotopic (exact) mass is 314 g/mol. The van der Waals surface area contributed by atoms with E-state index in [1.54, 1.807) is 12.4 Å². The highest BCUT2D eigenvalue weighted by Gasteiger charge is 2.33. The SMILES string of the molecule is CNCCC(O)(Oc1cncc2ccccc12)c1cccs1. The van der Waals surface area contributed by atoms with Crippen LogP contribution in [0.1, 0.15) is 11.3 Å². The number of benzene rings is 1. The van der Waals surface area contributed by atoms with Gasteiger partial charge in [0.2, 0.25) is 5.79 Å². The van der Waals surface area contributed by atoms with E-state index >= 15 is 0 Å². The molecular weight excluding hydrogens is 296 g/mol. The first-order chi connectivity index (χ1) is 10.7. The molecule has 114 valence electrons. The van der Waals surface area contributed by atoms with Crippen molar-refractivity contribution in [3.8, 4) is 5.75 Å². The first-order valence-electron chi connectivity index (χ1n) is 7.16. The van der Waals surface area contributed by atoms with Crippen LogP contribution in [0, 0.1) is 0 Å². The summed E-state index contributed by atoms with van der Waals surface area (Å²) in [6, 6.07) is 11.7. The van der Waals surface area contributed by atoms with Crippen molar-refractivity contribution >= 4 is 22.1 Å². The maximum absolute atomic E-state index is 11.0. The summed E-state index contributed by atoms with van der Waals surface area (Å²) in [4.78, 5) is 5.00. The smallest absolute Gasteiger partial charge is 0.245 e. The van der Waals surface area contributed by atoms with Crippen LogP contribution in [0.4, 0.5) is 0 Å². The molecule has 22 heavy (non-hydrogen) atoms. The van der Waals surface area contributed by atoms with Crippen molar-refractivity contribution in [1.82, 2.24) is 10.3 Å². The Labute approximate surface area is 133 Å². The number of aromatic nitrogens is 1. The molecule has 2 aromatic heterocycles. The van der Waals surface area contributed by atoms with Crippen LogP contribution in [0.2, 0.25) is 0 Å². The minimum atomic E-state index is -1.36. The number of ether oxygens (including phenoxy) is 1. The zero-order chi connectivity index (χ0) is 15.4. The Bertz CT molecular complexity index is 740. The van der Waals surface area contributed by atoms with Gasteiger partial charge in [0, 0.05) is 29.9 Å². The van der Waals surface area contributed by atoms with Gasteiger partial charge in [-0.1, -0.05) is 30.3 Å². The third kappa shape index (κ3) is 2.97. The molecule has 3 rings (SSSR count). The normalized spacial score (nSPS) is 13.9. The predicted octanol–water partition coefficient (Wildman–Crippen LogP) is 3.13. The summed E-state index contributed by atoms with van der Waals surface area (Å²) < 4.78 is 6.03. The Morgan fingerprint density at radius 1 is 1.23 bits per heavy atom. The third-order valence-corrected chi connectivity index (χ3v) is 4.53. The lowest BCUT2D eigenvalue weighted by atomic mass is 10.1. The number of nitrogens with one attached hydrogen (secondary N) is 1. The zero-order valence-corrected chi connectivity index (χ0v) is 13.1. The quantitative estimate of drug-likeness (QED) is 0.686. The van der Waals surface area contributed by atoms with Gasteiger partial charge in [-0.3, -0.25) is 4.98 Å². The van der Waals surface area contributed by atoms with Crippen molar-refractivity contribution in [3.63, 3.8) is 0 Å². The predicted molar refractivity (Wildman–Crippen MR) is 89.1 cm³/mol. The number of nitrogens with zero attached hydrogens (tertiary/aromatic N) is 1. The van der Waals surface area contributed by atoms with Gasteiger partial charge < -0.3 is 15.2 Å². The van der Waals surface area contributed by atoms with Gasteiger partial charge >= 0.3 is 0 Å². The number of fused-ring (bicyclic) bond motifs is 1. The highest BCUT2D eigenvalue weighted by Crippen LogP contribution is 2.34. The second-order valence-corrected chi connectivity index (χ2v) is 6.02. The number of rotatable bonds is 6. The molecule has 0 spiro atoms. The molecule has 0 saturated carbocycles. The van der Waals surface area contributed by atoms with E-state index in [0.29, 0.717) is 18.7 Å². The van der Waals surface area contributed by atoms with Crippen molar-refractivity contribution in [1.29, 1.82) is 0 Å². The number of hydrogen-bond donors (Lipinski definition) is 2. The van der Waals surface area contributed by atoms with Gasteiger partial charge in [0.1, 0.15) is 5.75 Å². The standard InChI is InChI=1S/C17H18N2O2S/c1-18-9-8-17(20,16-7-4-10-22-16)21-15-12-19-11-13-5-2-3-6-14(13)15/h2-7,10-12,18,20H,8-9H2,1H3. The number of hydrogen-bond acceptors (Lipinski definition) is 5. The largest absolute Gasteiger partial charge is 0.455 e. The minimum Gasteiger partial charge on any atom is -0.455 e. The molecule has 0 amide bonds. The fraction of sp³-hybridized carbons (Fsp3) is 0.235. The molecule has 1 unspecified atom stereocenters. The molecule has 0 bridgehead atoms. The molecule has 1 atom stereocenters. The van der Waals surface area contributed by atoms with Gasteiger partial charge in [-0.15, -0.1) is 11.3 Å². The average molecular weight is 314 g/mol. The summed E-state index contributed by atoms with van der Waals surface area (Å²) in [5.74, 6) is -0.770. The first-order valence-corrected chi connectivity index (χ1v) is 8.03. The molecule has 5 heteroatoms. The van der Waals surface area contributed by atoms with Gasteiger partial charge in [0.25, 0.3) is 0 Å². The second-order valence-electron chi connectivity index (χ2n) is 5.08. The minimum absolute atomic E-state index is 0.452. The lowest BCUT2D eigenvalue weighted by molar-refractivity contribution is -0.146. The van der Waals surface area contributed by atoms with Gasteiger partial charge in [0.15, 0.2) is 0 Å². The van der Waals surface area contributed by atoms with Gasteiger partial charge in [-0.05, 0) is 18.5 Å². The van der Waals surface area contributed by atoms with Gasteiger partial charge in [0.05, 0.1) is 11.1 Å². The van der Waals surface area contributed by atoms with Gasteiger partial charge in [-0.2, -0.15) is 0 Å². The maximum Gasteiger partial charge on any atom is 0.245 e. The highest BCUT2D eigenvalue weighted by atomic mass is 32.1. The lowest BCUT2D eigenvalue weighted by Gasteiger charge is -2.28. The van der Waals surface area contributed by atoms with Crippen LogP contribution < -0.4 is 10.1 Å². The van der Waals surface area contributed by atoms with Crippen LogP contribution >= 0.6 is 11.3 Å². The van der Waals surface area contributed by atoms with E-state index in [1.807, 2.05) is 48.8 Å². The number of thiophene rings is 1. The molecule has 0 radical (unpaired) electrons. The van der Waals surface area contributed by atoms with Gasteiger partial charge in [-0.25, -0.2) is 0 Å². The Morgan fingerprint density at radius 2 is 2.09 bits per heavy atom. The van der Waals surface area contributed by atoms with E-state index < -0.39 is 5.79 Å². The summed E-state index contributed by atoms with van der Waals surface area (Å²) in [6.45, 7) is 0.645. The van der Waals surface area contributed by atoms with Crippen LogP contribution in [0.5, 0.6) is 5.75 Å². The lowest BCUT2D eigenvalue weighted by Crippen LogP contribution is -2.35. The van der Waals surface area contributed by atoms with E-state index in [9.17, 15) is 5.11 Å². The van der Waals surface area contributed by atoms with Crippen molar-refractivity contribution < 1.29 is 9.84 Å². The van der Waals surface area contributed by atoms with Crippen molar-refractivity contribution in [2.45, 2.75) is 12.2 Å². The first kappa shape index (κ1) is 15.0. The average Bonchev–Trinajstić information content (AvgIpc) is 3.09. The van der Waals surface area contributed by atoms with Crippen molar-refractivity contribution in [2.75, 3.05) is 13.6 Å². The maximum atomic E-state index is 11.0. The molecule has 3 aromatic rings. The fourth-order valence-electron chi connectivity index (χ4n) is 2.37. The molecule has 4 nitrogen and oxygen atoms in total.